The van der Waals surface area contributed by atoms with E-state index in [0.717, 1.165) is 0 Å². The summed E-state index contributed by atoms with van der Waals surface area (Å²) in [7, 11) is 3.03. The summed E-state index contributed by atoms with van der Waals surface area (Å²) in [5, 5.41) is 71.6. The Morgan fingerprint density at radius 1 is 0.500 bits per heavy atom. The van der Waals surface area contributed by atoms with Gasteiger partial charge in [-0.3, -0.25) is 0 Å². The van der Waals surface area contributed by atoms with Gasteiger partial charge in [-0.2, -0.15) is 0 Å². The molecule has 0 radical (unpaired) electrons. The maximum atomic E-state index is 11.2. The molecule has 5 aliphatic heterocycles. The molecule has 7 N–H and O–H groups in total. The lowest BCUT2D eigenvalue weighted by Gasteiger charge is -2.47. The van der Waals surface area contributed by atoms with Crippen LogP contribution in [0.2, 0.25) is 0 Å². The second-order valence-corrected chi connectivity index (χ2v) is 13.8. The fraction of sp³-hybridized carbons (Fsp3) is 1.00. The first-order valence-electron chi connectivity index (χ1n) is 17.4. The predicted octanol–water partition coefficient (Wildman–Crippen LogP) is -2.39. The molecule has 5 fully saturated rings. The first kappa shape index (κ1) is 40.5. The van der Waals surface area contributed by atoms with Crippen molar-refractivity contribution in [3.8, 4) is 0 Å². The van der Waals surface area contributed by atoms with E-state index < -0.39 is 136 Å². The van der Waals surface area contributed by atoms with Crippen molar-refractivity contribution in [3.63, 3.8) is 0 Å². The highest BCUT2D eigenvalue weighted by Gasteiger charge is 2.50. The Bertz CT molecular complexity index is 1020. The number of hydrogen-bond donors (Lipinski definition) is 7. The SMILES string of the molecule is CO[C@H]1C[C@H](O[C@H]2[C@@H](O)C[C@H](O[C@@H]3[C@@H](C)O[C@@H](O[C@H]4[C@@H](O)C[C@H](O)O[C@@H]4C)C[C@H]3OC)O[C@@H]2C)O[C@H](C)[C@H]1O[C@@H]1O[C@H](CO)[C@@H](O)[C@H](O)[C@H]1O. The van der Waals surface area contributed by atoms with E-state index in [0.29, 0.717) is 6.42 Å². The quantitative estimate of drug-likeness (QED) is 0.117. The van der Waals surface area contributed by atoms with Gasteiger partial charge in [0.25, 0.3) is 0 Å². The highest BCUT2D eigenvalue weighted by Crippen LogP contribution is 2.35. The molecule has 0 amide bonds. The average Bonchev–Trinajstić information content (AvgIpc) is 3.06. The van der Waals surface area contributed by atoms with E-state index in [2.05, 4.69) is 0 Å². The zero-order valence-corrected chi connectivity index (χ0v) is 29.3. The Morgan fingerprint density at radius 3 is 1.42 bits per heavy atom. The van der Waals surface area contributed by atoms with Crippen LogP contribution < -0.4 is 0 Å². The highest BCUT2D eigenvalue weighted by molar-refractivity contribution is 4.93. The van der Waals surface area contributed by atoms with Crippen LogP contribution in [-0.4, -0.2) is 186 Å². The van der Waals surface area contributed by atoms with Crippen LogP contribution in [0.3, 0.4) is 0 Å². The Kier molecular flexibility index (Phi) is 14.3. The lowest BCUT2D eigenvalue weighted by Crippen LogP contribution is -2.62. The van der Waals surface area contributed by atoms with E-state index in [1.54, 1.807) is 27.9 Å². The highest BCUT2D eigenvalue weighted by atomic mass is 16.8. The van der Waals surface area contributed by atoms with Gasteiger partial charge in [-0.25, -0.2) is 0 Å². The fourth-order valence-electron chi connectivity index (χ4n) is 7.43. The van der Waals surface area contributed by atoms with Crippen molar-refractivity contribution in [2.45, 2.75) is 182 Å². The Labute approximate surface area is 291 Å². The van der Waals surface area contributed by atoms with Gasteiger partial charge in [0.05, 0.1) is 55.4 Å². The average molecular weight is 729 g/mol. The molecule has 0 spiro atoms. The lowest BCUT2D eigenvalue weighted by molar-refractivity contribution is -0.357. The van der Waals surface area contributed by atoms with E-state index >= 15 is 0 Å². The summed E-state index contributed by atoms with van der Waals surface area (Å²) in [6, 6.07) is 0. The maximum Gasteiger partial charge on any atom is 0.187 e. The Hall–Kier alpha value is -0.720. The molecule has 5 aliphatic rings. The van der Waals surface area contributed by atoms with Gasteiger partial charge in [0.15, 0.2) is 31.5 Å². The molecule has 21 atom stereocenters. The summed E-state index contributed by atoms with van der Waals surface area (Å²) in [5.41, 5.74) is 0. The third-order valence-electron chi connectivity index (χ3n) is 10.2. The third kappa shape index (κ3) is 9.14. The molecule has 50 heavy (non-hydrogen) atoms. The summed E-state index contributed by atoms with van der Waals surface area (Å²) in [6.45, 7) is 6.39. The van der Waals surface area contributed by atoms with Gasteiger partial charge < -0.3 is 87.9 Å². The van der Waals surface area contributed by atoms with E-state index in [-0.39, 0.29) is 19.3 Å². The van der Waals surface area contributed by atoms with E-state index in [9.17, 15) is 35.7 Å². The number of methoxy groups -OCH3 is 2. The fourth-order valence-corrected chi connectivity index (χ4v) is 7.43. The minimum Gasteiger partial charge on any atom is -0.394 e. The first-order valence-corrected chi connectivity index (χ1v) is 17.4. The smallest absolute Gasteiger partial charge is 0.187 e. The van der Waals surface area contributed by atoms with Crippen molar-refractivity contribution in [2.24, 2.45) is 0 Å². The number of hydrogen-bond acceptors (Lipinski definition) is 18. The largest absolute Gasteiger partial charge is 0.394 e. The number of aliphatic hydroxyl groups is 7. The molecule has 5 rings (SSSR count). The van der Waals surface area contributed by atoms with Crippen LogP contribution in [0, 0.1) is 0 Å². The molecule has 0 aromatic carbocycles. The van der Waals surface area contributed by atoms with E-state index in [1.165, 1.54) is 7.11 Å². The summed E-state index contributed by atoms with van der Waals surface area (Å²) in [6.07, 6.45) is -18.2. The summed E-state index contributed by atoms with van der Waals surface area (Å²) >= 11 is 0. The van der Waals surface area contributed by atoms with E-state index in [1.807, 2.05) is 6.92 Å². The molecule has 18 nitrogen and oxygen atoms in total. The Balaban J connectivity index is 1.12. The summed E-state index contributed by atoms with van der Waals surface area (Å²) in [5.74, 6) is 0. The van der Waals surface area contributed by atoms with Crippen LogP contribution in [-0.2, 0) is 52.1 Å². The molecule has 0 aromatic heterocycles. The Morgan fingerprint density at radius 2 is 0.940 bits per heavy atom. The van der Waals surface area contributed by atoms with Crippen LogP contribution in [0.5, 0.6) is 0 Å². The monoisotopic (exact) mass is 728 g/mol. The maximum absolute atomic E-state index is 11.2. The molecular weight excluding hydrogens is 672 g/mol. The van der Waals surface area contributed by atoms with Crippen molar-refractivity contribution in [1.82, 2.24) is 0 Å². The van der Waals surface area contributed by atoms with Crippen molar-refractivity contribution in [2.75, 3.05) is 20.8 Å². The van der Waals surface area contributed by atoms with Gasteiger partial charge >= 0.3 is 0 Å². The van der Waals surface area contributed by atoms with Gasteiger partial charge in [0, 0.05) is 39.9 Å². The molecule has 0 bridgehead atoms. The molecule has 0 aromatic rings. The van der Waals surface area contributed by atoms with Crippen LogP contribution in [0.15, 0.2) is 0 Å². The third-order valence-corrected chi connectivity index (χ3v) is 10.2. The second kappa shape index (κ2) is 17.6. The van der Waals surface area contributed by atoms with Gasteiger partial charge in [0.2, 0.25) is 0 Å². The lowest BCUT2D eigenvalue weighted by atomic mass is 9.98. The van der Waals surface area contributed by atoms with Crippen molar-refractivity contribution in [1.29, 1.82) is 0 Å². The number of aliphatic hydroxyl groups excluding tert-OH is 7. The van der Waals surface area contributed by atoms with Crippen LogP contribution >= 0.6 is 0 Å². The van der Waals surface area contributed by atoms with Gasteiger partial charge in [-0.1, -0.05) is 0 Å². The molecule has 0 unspecified atom stereocenters. The molecule has 18 heteroatoms. The zero-order chi connectivity index (χ0) is 36.4. The summed E-state index contributed by atoms with van der Waals surface area (Å²) in [4.78, 5) is 0. The number of ether oxygens (including phenoxy) is 11. The second-order valence-electron chi connectivity index (χ2n) is 13.8. The first-order chi connectivity index (χ1) is 23.7. The van der Waals surface area contributed by atoms with Crippen LogP contribution in [0.25, 0.3) is 0 Å². The molecule has 0 aliphatic carbocycles. The van der Waals surface area contributed by atoms with Crippen molar-refractivity contribution in [3.05, 3.63) is 0 Å². The van der Waals surface area contributed by atoms with Crippen molar-refractivity contribution >= 4 is 0 Å². The number of rotatable bonds is 11. The van der Waals surface area contributed by atoms with E-state index in [4.69, 9.17) is 52.1 Å². The predicted molar refractivity (Wildman–Crippen MR) is 165 cm³/mol. The zero-order valence-electron chi connectivity index (χ0n) is 29.3. The normalized spacial score (nSPS) is 52.1. The minimum atomic E-state index is -1.60. The molecular formula is C32H56O18. The van der Waals surface area contributed by atoms with Gasteiger partial charge in [-0.15, -0.1) is 0 Å². The molecule has 292 valence electrons. The van der Waals surface area contributed by atoms with Crippen LogP contribution in [0.4, 0.5) is 0 Å². The minimum absolute atomic E-state index is 0.0281. The van der Waals surface area contributed by atoms with Gasteiger partial charge in [0.1, 0.15) is 48.8 Å². The standard InChI is InChI=1S/C32H56O18/c1-12-28(16(34)7-21(36)42-12)47-23-9-18(40-5)30(14(3)44-23)49-22-8-17(35)29(13(2)43-22)48-24-10-19(41-6)31(15(4)45-24)50-32-27(39)26(38)25(37)20(11-33)46-32/h12-39H,7-11H2,1-6H3/t12-,13-,14-,15-,16+,17+,18-,19+,20-,21-,22+,23+,24+,25-,26+,27-,28-,29-,30-,31-,32+/m1/s1. The van der Waals surface area contributed by atoms with Crippen molar-refractivity contribution < 1.29 is 87.9 Å². The molecule has 5 heterocycles. The summed E-state index contributed by atoms with van der Waals surface area (Å²) < 4.78 is 65.2. The molecule has 5 saturated heterocycles. The topological polar surface area (TPSA) is 243 Å². The molecule has 0 saturated carbocycles. The van der Waals surface area contributed by atoms with Crippen LogP contribution in [0.1, 0.15) is 53.4 Å². The van der Waals surface area contributed by atoms with Gasteiger partial charge in [-0.05, 0) is 27.7 Å².